The molecule has 0 spiro atoms. The summed E-state index contributed by atoms with van der Waals surface area (Å²) >= 11 is 1.44. The van der Waals surface area contributed by atoms with Crippen molar-refractivity contribution < 1.29 is 33.6 Å². The molecule has 0 aliphatic carbocycles. The fourth-order valence-corrected chi connectivity index (χ4v) is 8.17. The molecule has 6 N–H and O–H groups in total. The van der Waals surface area contributed by atoms with Gasteiger partial charge in [-0.2, -0.15) is 0 Å². The van der Waals surface area contributed by atoms with E-state index in [4.69, 9.17) is 4.84 Å². The molecule has 13 nitrogen and oxygen atoms in total. The smallest absolute Gasteiger partial charge is 0.265 e. The second-order valence-corrected chi connectivity index (χ2v) is 15.6. The Kier molecular flexibility index (Phi) is 15.6. The largest absolute Gasteiger partial charge is 0.345 e. The van der Waals surface area contributed by atoms with Crippen LogP contribution in [0.25, 0.3) is 0 Å². The van der Waals surface area contributed by atoms with Crippen molar-refractivity contribution in [2.24, 2.45) is 5.92 Å². The van der Waals surface area contributed by atoms with E-state index in [0.717, 1.165) is 22.3 Å². The van der Waals surface area contributed by atoms with Crippen molar-refractivity contribution in [2.45, 2.75) is 62.5 Å². The van der Waals surface area contributed by atoms with E-state index in [1.165, 1.54) is 18.7 Å². The van der Waals surface area contributed by atoms with Crippen molar-refractivity contribution >= 4 is 47.2 Å². The molecule has 0 aromatic heterocycles. The summed E-state index contributed by atoms with van der Waals surface area (Å²) in [5, 5.41) is 13.5. The summed E-state index contributed by atoms with van der Waals surface area (Å²) in [7, 11) is 0. The van der Waals surface area contributed by atoms with Crippen LogP contribution >= 0.6 is 11.8 Å². The van der Waals surface area contributed by atoms with Gasteiger partial charge in [0.2, 0.25) is 29.5 Å². The van der Waals surface area contributed by atoms with Crippen LogP contribution in [0.3, 0.4) is 0 Å². The fraction of sp³-hybridized carbons (Fsp3) is 0.318. The molecule has 4 aromatic carbocycles. The molecule has 1 fully saturated rings. The molecule has 0 radical (unpaired) electrons. The second kappa shape index (κ2) is 21.0. The minimum absolute atomic E-state index is 0.0199. The molecule has 58 heavy (non-hydrogen) atoms. The van der Waals surface area contributed by atoms with E-state index in [0.29, 0.717) is 0 Å². The van der Waals surface area contributed by atoms with Crippen LogP contribution in [0.4, 0.5) is 0 Å². The molecule has 1 heterocycles. The summed E-state index contributed by atoms with van der Waals surface area (Å²) in [6.07, 6.45) is 0.300. The standard InChI is InChI=1S/C44H50N6O7S/c1-29(2)24-35-42(55)48-36(25-31-16-8-4-9-17-31)43(56)49-37(41(54)45-26-38(51)46-30(3)40(53)50-57-27-39(52)47-35)28-58-44(32-18-10-5-11-19-32,33-20-12-6-13-21-33)34-22-14-7-15-23-34/h4-23,29-30,35-37H,24-28H2,1-3H3,(H,45,54)(H,46,51)(H,47,52)(H,48,55)(H,49,56)(H,50,53)/t30-,35-,36-,37-/m0/s1. The predicted octanol–water partition coefficient (Wildman–Crippen LogP) is 3.14. The maximum atomic E-state index is 14.5. The Hall–Kier alpha value is -5.99. The van der Waals surface area contributed by atoms with E-state index in [9.17, 15) is 28.8 Å². The summed E-state index contributed by atoms with van der Waals surface area (Å²) in [5.74, 6) is -4.05. The average Bonchev–Trinajstić information content (AvgIpc) is 3.23. The van der Waals surface area contributed by atoms with Gasteiger partial charge in [0, 0.05) is 12.2 Å². The molecule has 0 unspecified atom stereocenters. The van der Waals surface area contributed by atoms with E-state index in [2.05, 4.69) is 32.1 Å². The highest BCUT2D eigenvalue weighted by molar-refractivity contribution is 8.00. The third-order valence-electron chi connectivity index (χ3n) is 9.48. The number of amides is 6. The van der Waals surface area contributed by atoms with Crippen molar-refractivity contribution in [2.75, 3.05) is 18.9 Å². The third-order valence-corrected chi connectivity index (χ3v) is 11.1. The van der Waals surface area contributed by atoms with Crippen LogP contribution in [0.15, 0.2) is 121 Å². The first kappa shape index (κ1) is 43.1. The number of nitrogens with one attached hydrogen (secondary N) is 6. The molecule has 4 atom stereocenters. The van der Waals surface area contributed by atoms with Crippen molar-refractivity contribution in [3.63, 3.8) is 0 Å². The third kappa shape index (κ3) is 11.8. The van der Waals surface area contributed by atoms with Gasteiger partial charge in [0.1, 0.15) is 24.2 Å². The van der Waals surface area contributed by atoms with Crippen LogP contribution in [0.1, 0.15) is 49.4 Å². The fourth-order valence-electron chi connectivity index (χ4n) is 6.61. The number of hydrogen-bond acceptors (Lipinski definition) is 8. The van der Waals surface area contributed by atoms with E-state index in [-0.39, 0.29) is 24.5 Å². The van der Waals surface area contributed by atoms with Crippen LogP contribution in [0.2, 0.25) is 0 Å². The van der Waals surface area contributed by atoms with E-state index in [1.54, 1.807) is 0 Å². The number of hydrogen-bond donors (Lipinski definition) is 6. The Morgan fingerprint density at radius 3 is 1.64 bits per heavy atom. The minimum atomic E-state index is -1.22. The van der Waals surface area contributed by atoms with E-state index in [1.807, 2.05) is 135 Å². The van der Waals surface area contributed by atoms with Crippen molar-refractivity contribution in [1.29, 1.82) is 0 Å². The molecule has 5 rings (SSSR count). The molecule has 0 bridgehead atoms. The molecule has 0 saturated carbocycles. The van der Waals surface area contributed by atoms with Gasteiger partial charge in [0.05, 0.1) is 11.3 Å². The van der Waals surface area contributed by atoms with Crippen LogP contribution in [0, 0.1) is 5.92 Å². The van der Waals surface area contributed by atoms with Gasteiger partial charge in [-0.05, 0) is 41.5 Å². The highest BCUT2D eigenvalue weighted by Crippen LogP contribution is 2.48. The minimum Gasteiger partial charge on any atom is -0.345 e. The number of benzene rings is 4. The Morgan fingerprint density at radius 1 is 0.603 bits per heavy atom. The maximum absolute atomic E-state index is 14.5. The predicted molar refractivity (Wildman–Crippen MR) is 222 cm³/mol. The van der Waals surface area contributed by atoms with Gasteiger partial charge in [0.15, 0.2) is 6.61 Å². The molecule has 6 amide bonds. The summed E-state index contributed by atoms with van der Waals surface area (Å²) in [4.78, 5) is 86.3. The molecule has 14 heteroatoms. The van der Waals surface area contributed by atoms with Crippen molar-refractivity contribution in [1.82, 2.24) is 32.1 Å². The highest BCUT2D eigenvalue weighted by atomic mass is 32.2. The first-order valence-corrected chi connectivity index (χ1v) is 20.2. The Bertz CT molecular complexity index is 1910. The van der Waals surface area contributed by atoms with Crippen LogP contribution in [-0.4, -0.2) is 78.5 Å². The molecule has 4 aromatic rings. The van der Waals surface area contributed by atoms with Crippen LogP contribution < -0.4 is 32.1 Å². The number of carbonyl (C=O) groups excluding carboxylic acids is 6. The zero-order valence-corrected chi connectivity index (χ0v) is 33.6. The number of carbonyl (C=O) groups is 6. The van der Waals surface area contributed by atoms with Crippen LogP contribution in [0.5, 0.6) is 0 Å². The normalized spacial score (nSPS) is 20.6. The first-order chi connectivity index (χ1) is 28.0. The first-order valence-electron chi connectivity index (χ1n) is 19.2. The lowest BCUT2D eigenvalue weighted by Crippen LogP contribution is -2.58. The van der Waals surface area contributed by atoms with Gasteiger partial charge in [-0.25, -0.2) is 5.48 Å². The number of thioether (sulfide) groups is 1. The number of hydroxylamine groups is 1. The Labute approximate surface area is 342 Å². The maximum Gasteiger partial charge on any atom is 0.265 e. The van der Waals surface area contributed by atoms with Gasteiger partial charge < -0.3 is 26.6 Å². The van der Waals surface area contributed by atoms with Gasteiger partial charge in [-0.3, -0.25) is 33.6 Å². The topological polar surface area (TPSA) is 184 Å². The van der Waals surface area contributed by atoms with Gasteiger partial charge in [0.25, 0.3) is 5.91 Å². The zero-order chi connectivity index (χ0) is 41.5. The van der Waals surface area contributed by atoms with Gasteiger partial charge >= 0.3 is 0 Å². The summed E-state index contributed by atoms with van der Waals surface area (Å²) in [6.45, 7) is 4.05. The van der Waals surface area contributed by atoms with Crippen molar-refractivity contribution in [3.8, 4) is 0 Å². The summed E-state index contributed by atoms with van der Waals surface area (Å²) in [6, 6.07) is 34.1. The zero-order valence-electron chi connectivity index (χ0n) is 32.7. The van der Waals surface area contributed by atoms with Crippen molar-refractivity contribution in [3.05, 3.63) is 144 Å². The lowest BCUT2D eigenvalue weighted by Gasteiger charge is -2.36. The molecule has 1 saturated heterocycles. The quantitative estimate of drug-likeness (QED) is 0.132. The molecule has 1 aliphatic heterocycles. The SMILES string of the molecule is CC(C)C[C@@H]1NC(=O)CONC(=O)[C@H](C)NC(=O)CNC(=O)[C@H](CSC(c2ccccc2)(c2ccccc2)c2ccccc2)NC(=O)[C@H](Cc2ccccc2)NC1=O. The second-order valence-electron chi connectivity index (χ2n) is 14.4. The average molecular weight is 807 g/mol. The van der Waals surface area contributed by atoms with E-state index < -0.39 is 77.5 Å². The molecule has 1 aliphatic rings. The molecular formula is C44H50N6O7S. The monoisotopic (exact) mass is 806 g/mol. The lowest BCUT2D eigenvalue weighted by atomic mass is 9.84. The highest BCUT2D eigenvalue weighted by Gasteiger charge is 2.39. The summed E-state index contributed by atoms with van der Waals surface area (Å²) in [5.41, 5.74) is 5.68. The van der Waals surface area contributed by atoms with E-state index >= 15 is 0 Å². The van der Waals surface area contributed by atoms with Gasteiger partial charge in [-0.15, -0.1) is 11.8 Å². The lowest BCUT2D eigenvalue weighted by molar-refractivity contribution is -0.143. The number of rotatable bonds is 10. The van der Waals surface area contributed by atoms with Gasteiger partial charge in [-0.1, -0.05) is 135 Å². The Morgan fingerprint density at radius 2 is 1.10 bits per heavy atom. The Balaban J connectivity index is 1.55. The summed E-state index contributed by atoms with van der Waals surface area (Å²) < 4.78 is -0.860. The van der Waals surface area contributed by atoms with Crippen LogP contribution in [-0.2, 0) is 44.8 Å². The molecule has 304 valence electrons. The molecular weight excluding hydrogens is 757 g/mol.